The van der Waals surface area contributed by atoms with Crippen LogP contribution in [0.2, 0.25) is 10.0 Å². The van der Waals surface area contributed by atoms with Crippen molar-refractivity contribution in [3.8, 4) is 5.75 Å². The first-order valence-electron chi connectivity index (χ1n) is 5.73. The van der Waals surface area contributed by atoms with Gasteiger partial charge in [0.05, 0.1) is 16.0 Å². The fraction of sp³-hybridized carbons (Fsp3) is 0.333. The van der Waals surface area contributed by atoms with Crippen molar-refractivity contribution in [2.45, 2.75) is 12.8 Å². The summed E-state index contributed by atoms with van der Waals surface area (Å²) >= 11 is 11.5. The number of piperidine rings is 1. The summed E-state index contributed by atoms with van der Waals surface area (Å²) in [4.78, 5) is 23.0. The minimum atomic E-state index is -0.274. The summed E-state index contributed by atoms with van der Waals surface area (Å²) in [5.74, 6) is -0.743. The zero-order valence-electron chi connectivity index (χ0n) is 9.87. The topological polar surface area (TPSA) is 78.4 Å². The number of halogens is 2. The minimum absolute atomic E-state index is 0.0419. The smallest absolute Gasteiger partial charge is 0.229 e. The summed E-state index contributed by atoms with van der Waals surface area (Å²) in [6.45, 7) is 0.324. The quantitative estimate of drug-likeness (QED) is 0.733. The molecule has 0 aromatic heterocycles. The molecule has 0 bridgehead atoms. The first kappa shape index (κ1) is 14.0. The van der Waals surface area contributed by atoms with Crippen LogP contribution in [0.4, 0.5) is 5.69 Å². The van der Waals surface area contributed by atoms with Gasteiger partial charge in [0, 0.05) is 18.7 Å². The lowest BCUT2D eigenvalue weighted by Gasteiger charge is -2.21. The van der Waals surface area contributed by atoms with E-state index in [4.69, 9.17) is 23.2 Å². The molecule has 1 aliphatic heterocycles. The van der Waals surface area contributed by atoms with Crippen LogP contribution in [0.15, 0.2) is 12.1 Å². The molecule has 2 rings (SSSR count). The Morgan fingerprint density at radius 2 is 2.00 bits per heavy atom. The molecule has 1 fully saturated rings. The van der Waals surface area contributed by atoms with Crippen molar-refractivity contribution < 1.29 is 14.7 Å². The standard InChI is InChI=1S/C12H12Cl2N2O3/c13-8-3-7(4-9(14)11(8)18)16-12(19)6-1-2-10(17)15-5-6/h3-4,6,18H,1-2,5H2,(H,15,17)(H,16,19). The van der Waals surface area contributed by atoms with E-state index in [0.29, 0.717) is 25.1 Å². The summed E-state index contributed by atoms with van der Waals surface area (Å²) in [5.41, 5.74) is 0.412. The van der Waals surface area contributed by atoms with Gasteiger partial charge in [0.2, 0.25) is 11.8 Å². The van der Waals surface area contributed by atoms with Crippen molar-refractivity contribution in [1.82, 2.24) is 5.32 Å². The van der Waals surface area contributed by atoms with Gasteiger partial charge in [-0.1, -0.05) is 23.2 Å². The third-order valence-corrected chi connectivity index (χ3v) is 3.50. The fourth-order valence-electron chi connectivity index (χ4n) is 1.84. The molecule has 19 heavy (non-hydrogen) atoms. The van der Waals surface area contributed by atoms with E-state index in [1.807, 2.05) is 0 Å². The molecule has 0 saturated carbocycles. The molecular formula is C12H12Cl2N2O3. The van der Waals surface area contributed by atoms with Crippen molar-refractivity contribution in [3.63, 3.8) is 0 Å². The van der Waals surface area contributed by atoms with Gasteiger partial charge in [-0.2, -0.15) is 0 Å². The van der Waals surface area contributed by atoms with Gasteiger partial charge in [-0.15, -0.1) is 0 Å². The van der Waals surface area contributed by atoms with E-state index in [0.717, 1.165) is 0 Å². The monoisotopic (exact) mass is 302 g/mol. The molecular weight excluding hydrogens is 291 g/mol. The van der Waals surface area contributed by atoms with Gasteiger partial charge in [-0.05, 0) is 18.6 Å². The maximum Gasteiger partial charge on any atom is 0.229 e. The molecule has 1 aromatic rings. The highest BCUT2D eigenvalue weighted by atomic mass is 35.5. The summed E-state index contributed by atoms with van der Waals surface area (Å²) < 4.78 is 0. The Kier molecular flexibility index (Phi) is 4.17. The summed E-state index contributed by atoms with van der Waals surface area (Å²) in [5, 5.41) is 14.9. The van der Waals surface area contributed by atoms with Gasteiger partial charge < -0.3 is 15.7 Å². The van der Waals surface area contributed by atoms with Gasteiger partial charge in [0.25, 0.3) is 0 Å². The van der Waals surface area contributed by atoms with Gasteiger partial charge >= 0.3 is 0 Å². The van der Waals surface area contributed by atoms with Crippen LogP contribution in [0, 0.1) is 5.92 Å². The summed E-state index contributed by atoms with van der Waals surface area (Å²) in [6, 6.07) is 2.84. The third-order valence-electron chi connectivity index (χ3n) is 2.92. The predicted molar refractivity (Wildman–Crippen MR) is 72.5 cm³/mol. The second-order valence-electron chi connectivity index (χ2n) is 4.32. The Morgan fingerprint density at radius 1 is 1.37 bits per heavy atom. The number of benzene rings is 1. The second-order valence-corrected chi connectivity index (χ2v) is 5.13. The highest BCUT2D eigenvalue weighted by Gasteiger charge is 2.24. The van der Waals surface area contributed by atoms with Crippen molar-refractivity contribution >= 4 is 40.7 Å². The second kappa shape index (κ2) is 5.67. The number of carbonyl (C=O) groups excluding carboxylic acids is 2. The minimum Gasteiger partial charge on any atom is -0.505 e. The lowest BCUT2D eigenvalue weighted by Crippen LogP contribution is -2.40. The summed E-state index contributed by atoms with van der Waals surface area (Å²) in [6.07, 6.45) is 0.854. The number of amides is 2. The Morgan fingerprint density at radius 3 is 2.53 bits per heavy atom. The maximum absolute atomic E-state index is 12.0. The van der Waals surface area contributed by atoms with Crippen molar-refractivity contribution in [3.05, 3.63) is 22.2 Å². The Bertz CT molecular complexity index is 501. The number of hydrogen-bond acceptors (Lipinski definition) is 3. The van der Waals surface area contributed by atoms with E-state index in [2.05, 4.69) is 10.6 Å². The van der Waals surface area contributed by atoms with Crippen LogP contribution < -0.4 is 10.6 Å². The van der Waals surface area contributed by atoms with E-state index < -0.39 is 0 Å². The van der Waals surface area contributed by atoms with Gasteiger partial charge in [0.15, 0.2) is 5.75 Å². The molecule has 1 saturated heterocycles. The number of rotatable bonds is 2. The molecule has 2 amide bonds. The number of aromatic hydroxyl groups is 1. The number of hydrogen-bond donors (Lipinski definition) is 3. The highest BCUT2D eigenvalue weighted by Crippen LogP contribution is 2.34. The Labute approximate surface area is 119 Å². The van der Waals surface area contributed by atoms with E-state index >= 15 is 0 Å². The first-order valence-corrected chi connectivity index (χ1v) is 6.48. The van der Waals surface area contributed by atoms with E-state index in [1.54, 1.807) is 0 Å². The third kappa shape index (κ3) is 3.30. The molecule has 1 aliphatic rings. The maximum atomic E-state index is 12.0. The molecule has 1 atom stereocenters. The molecule has 1 unspecified atom stereocenters. The largest absolute Gasteiger partial charge is 0.505 e. The van der Waals surface area contributed by atoms with Gasteiger partial charge in [-0.25, -0.2) is 0 Å². The molecule has 0 aliphatic carbocycles. The number of anilines is 1. The number of carbonyl (C=O) groups is 2. The molecule has 0 radical (unpaired) electrons. The van der Waals surface area contributed by atoms with Crippen molar-refractivity contribution in [2.24, 2.45) is 5.92 Å². The average Bonchev–Trinajstić information content (AvgIpc) is 2.36. The molecule has 1 aromatic carbocycles. The number of phenols is 1. The highest BCUT2D eigenvalue weighted by molar-refractivity contribution is 6.37. The van der Waals surface area contributed by atoms with Crippen LogP contribution in [0.1, 0.15) is 12.8 Å². The molecule has 102 valence electrons. The van der Waals surface area contributed by atoms with Crippen molar-refractivity contribution in [1.29, 1.82) is 0 Å². The van der Waals surface area contributed by atoms with Crippen LogP contribution in [0.3, 0.4) is 0 Å². The van der Waals surface area contributed by atoms with E-state index in [1.165, 1.54) is 12.1 Å². The van der Waals surface area contributed by atoms with Crippen LogP contribution in [-0.4, -0.2) is 23.5 Å². The van der Waals surface area contributed by atoms with Gasteiger partial charge in [0.1, 0.15) is 0 Å². The van der Waals surface area contributed by atoms with Crippen molar-refractivity contribution in [2.75, 3.05) is 11.9 Å². The van der Waals surface area contributed by atoms with Crippen LogP contribution in [-0.2, 0) is 9.59 Å². The van der Waals surface area contributed by atoms with Crippen LogP contribution in [0.25, 0.3) is 0 Å². The Balaban J connectivity index is 2.05. The Hall–Kier alpha value is -1.46. The predicted octanol–water partition coefficient (Wildman–Crippen LogP) is 2.16. The van der Waals surface area contributed by atoms with Gasteiger partial charge in [-0.3, -0.25) is 9.59 Å². The zero-order valence-corrected chi connectivity index (χ0v) is 11.4. The van der Waals surface area contributed by atoms with E-state index in [9.17, 15) is 14.7 Å². The lowest BCUT2D eigenvalue weighted by molar-refractivity contribution is -0.126. The van der Waals surface area contributed by atoms with Crippen LogP contribution in [0.5, 0.6) is 5.75 Å². The van der Waals surface area contributed by atoms with E-state index in [-0.39, 0.29) is 33.5 Å². The normalized spacial score (nSPS) is 18.8. The average molecular weight is 303 g/mol. The molecule has 5 nitrogen and oxygen atoms in total. The van der Waals surface area contributed by atoms with Crippen LogP contribution >= 0.6 is 23.2 Å². The molecule has 7 heteroatoms. The fourth-order valence-corrected chi connectivity index (χ4v) is 2.33. The number of nitrogens with one attached hydrogen (secondary N) is 2. The molecule has 3 N–H and O–H groups in total. The summed E-state index contributed by atoms with van der Waals surface area (Å²) in [7, 11) is 0. The lowest BCUT2D eigenvalue weighted by atomic mass is 9.98. The number of phenolic OH excluding ortho intramolecular Hbond substituents is 1. The molecule has 1 heterocycles. The SMILES string of the molecule is O=C1CCC(C(=O)Nc2cc(Cl)c(O)c(Cl)c2)CN1. The molecule has 0 spiro atoms. The zero-order chi connectivity index (χ0) is 14.0. The first-order chi connectivity index (χ1) is 8.97.